The van der Waals surface area contributed by atoms with Crippen molar-refractivity contribution in [3.63, 3.8) is 0 Å². The summed E-state index contributed by atoms with van der Waals surface area (Å²) in [5.74, 6) is 0. The highest BCUT2D eigenvalue weighted by atomic mass is 35.5. The molecule has 19 heavy (non-hydrogen) atoms. The van der Waals surface area contributed by atoms with E-state index in [4.69, 9.17) is 11.6 Å². The fourth-order valence-corrected chi connectivity index (χ4v) is 3.06. The number of aromatic nitrogens is 2. The smallest absolute Gasteiger partial charge is 0.0816 e. The van der Waals surface area contributed by atoms with Crippen molar-refractivity contribution < 1.29 is 5.11 Å². The normalized spacial score (nSPS) is 18.2. The van der Waals surface area contributed by atoms with Crippen LogP contribution in [0.4, 0.5) is 0 Å². The molecule has 1 aliphatic rings. The molecule has 0 saturated carbocycles. The van der Waals surface area contributed by atoms with E-state index in [1.807, 2.05) is 12.1 Å². The van der Waals surface area contributed by atoms with Crippen LogP contribution in [0.1, 0.15) is 30.9 Å². The Morgan fingerprint density at radius 3 is 2.95 bits per heavy atom. The highest BCUT2D eigenvalue weighted by Crippen LogP contribution is 2.31. The molecule has 4 nitrogen and oxygen atoms in total. The zero-order valence-electron chi connectivity index (χ0n) is 10.8. The van der Waals surface area contributed by atoms with Crippen molar-refractivity contribution in [2.45, 2.75) is 25.4 Å². The molecule has 0 amide bonds. The Morgan fingerprint density at radius 2 is 2.16 bits per heavy atom. The number of benzene rings is 1. The van der Waals surface area contributed by atoms with Crippen LogP contribution in [-0.2, 0) is 0 Å². The van der Waals surface area contributed by atoms with Crippen LogP contribution < -0.4 is 0 Å². The molecule has 1 atom stereocenters. The SMILES string of the molecule is OC(CCN1CCCC1)c1ccc2[nH]ncc2c1Cl. The van der Waals surface area contributed by atoms with E-state index in [1.165, 1.54) is 12.8 Å². The van der Waals surface area contributed by atoms with Crippen molar-refractivity contribution >= 4 is 22.5 Å². The lowest BCUT2D eigenvalue weighted by Crippen LogP contribution is -2.22. The third kappa shape index (κ3) is 2.61. The first kappa shape index (κ1) is 12.9. The average Bonchev–Trinajstić information content (AvgIpc) is 3.07. The van der Waals surface area contributed by atoms with Gasteiger partial charge in [0.25, 0.3) is 0 Å². The van der Waals surface area contributed by atoms with Gasteiger partial charge < -0.3 is 10.0 Å². The van der Waals surface area contributed by atoms with Crippen molar-refractivity contribution in [2.75, 3.05) is 19.6 Å². The third-order valence-electron chi connectivity index (χ3n) is 3.86. The molecule has 1 fully saturated rings. The topological polar surface area (TPSA) is 52.1 Å². The number of rotatable bonds is 4. The molecular formula is C14H18ClN3O. The van der Waals surface area contributed by atoms with Gasteiger partial charge >= 0.3 is 0 Å². The van der Waals surface area contributed by atoms with Gasteiger partial charge in [0, 0.05) is 11.9 Å². The Kier molecular flexibility index (Phi) is 3.73. The quantitative estimate of drug-likeness (QED) is 0.905. The van der Waals surface area contributed by atoms with Crippen molar-refractivity contribution in [1.29, 1.82) is 0 Å². The number of nitrogens with zero attached hydrogens (tertiary/aromatic N) is 2. The first-order valence-corrected chi connectivity index (χ1v) is 7.15. The summed E-state index contributed by atoms with van der Waals surface area (Å²) in [4.78, 5) is 2.40. The first-order valence-electron chi connectivity index (χ1n) is 6.77. The molecule has 5 heteroatoms. The Bertz CT molecular complexity index is 563. The molecule has 1 unspecified atom stereocenters. The largest absolute Gasteiger partial charge is 0.388 e. The molecule has 0 radical (unpaired) electrons. The minimum Gasteiger partial charge on any atom is -0.388 e. The van der Waals surface area contributed by atoms with Crippen molar-refractivity contribution in [3.8, 4) is 0 Å². The van der Waals surface area contributed by atoms with Crippen LogP contribution in [-0.4, -0.2) is 39.8 Å². The number of fused-ring (bicyclic) bond motifs is 1. The van der Waals surface area contributed by atoms with Gasteiger partial charge in [0.1, 0.15) is 0 Å². The maximum absolute atomic E-state index is 10.3. The molecule has 1 aromatic carbocycles. The van der Waals surface area contributed by atoms with E-state index in [0.29, 0.717) is 5.02 Å². The maximum Gasteiger partial charge on any atom is 0.0816 e. The lowest BCUT2D eigenvalue weighted by atomic mass is 10.0. The number of hydrogen-bond donors (Lipinski definition) is 2. The standard InChI is InChI=1S/C14H18ClN3O/c15-14-10(3-4-12-11(14)9-16-17-12)13(19)5-8-18-6-1-2-7-18/h3-4,9,13,19H,1-2,5-8H2,(H,16,17). The maximum atomic E-state index is 10.3. The number of aliphatic hydroxyl groups excluding tert-OH is 1. The molecule has 102 valence electrons. The summed E-state index contributed by atoms with van der Waals surface area (Å²) < 4.78 is 0. The van der Waals surface area contributed by atoms with Gasteiger partial charge in [-0.1, -0.05) is 17.7 Å². The highest BCUT2D eigenvalue weighted by molar-refractivity contribution is 6.36. The highest BCUT2D eigenvalue weighted by Gasteiger charge is 2.17. The molecule has 0 bridgehead atoms. The molecule has 1 aromatic heterocycles. The predicted molar refractivity (Wildman–Crippen MR) is 76.4 cm³/mol. The van der Waals surface area contributed by atoms with E-state index in [0.717, 1.165) is 42.5 Å². The molecule has 1 saturated heterocycles. The molecule has 2 N–H and O–H groups in total. The van der Waals surface area contributed by atoms with E-state index >= 15 is 0 Å². The zero-order valence-corrected chi connectivity index (χ0v) is 11.5. The van der Waals surface area contributed by atoms with E-state index in [-0.39, 0.29) is 0 Å². The number of aromatic amines is 1. The summed E-state index contributed by atoms with van der Waals surface area (Å²) in [5.41, 5.74) is 1.70. The average molecular weight is 280 g/mol. The van der Waals surface area contributed by atoms with Gasteiger partial charge in [0.15, 0.2) is 0 Å². The molecule has 2 heterocycles. The van der Waals surface area contributed by atoms with Gasteiger partial charge in [-0.3, -0.25) is 5.10 Å². The fourth-order valence-electron chi connectivity index (χ4n) is 2.72. The van der Waals surface area contributed by atoms with Gasteiger partial charge in [0.05, 0.1) is 22.8 Å². The predicted octanol–water partition coefficient (Wildman–Crippen LogP) is 2.74. The van der Waals surface area contributed by atoms with Crippen molar-refractivity contribution in [1.82, 2.24) is 15.1 Å². The van der Waals surface area contributed by atoms with Crippen LogP contribution in [0.3, 0.4) is 0 Å². The zero-order chi connectivity index (χ0) is 13.2. The lowest BCUT2D eigenvalue weighted by Gasteiger charge is -2.18. The second kappa shape index (κ2) is 5.49. The Morgan fingerprint density at radius 1 is 1.37 bits per heavy atom. The summed E-state index contributed by atoms with van der Waals surface area (Å²) in [6.45, 7) is 3.24. The summed E-state index contributed by atoms with van der Waals surface area (Å²) in [6, 6.07) is 3.81. The van der Waals surface area contributed by atoms with E-state index < -0.39 is 6.10 Å². The molecule has 0 aliphatic carbocycles. The van der Waals surface area contributed by atoms with Crippen LogP contribution >= 0.6 is 11.6 Å². The van der Waals surface area contributed by atoms with Gasteiger partial charge in [-0.05, 0) is 44.0 Å². The number of aliphatic hydroxyl groups is 1. The third-order valence-corrected chi connectivity index (χ3v) is 4.29. The molecular weight excluding hydrogens is 262 g/mol. The summed E-state index contributed by atoms with van der Waals surface area (Å²) >= 11 is 6.34. The lowest BCUT2D eigenvalue weighted by molar-refractivity contribution is 0.149. The summed E-state index contributed by atoms with van der Waals surface area (Å²) in [7, 11) is 0. The Balaban J connectivity index is 1.73. The fraction of sp³-hybridized carbons (Fsp3) is 0.500. The minimum atomic E-state index is -0.507. The monoisotopic (exact) mass is 279 g/mol. The minimum absolute atomic E-state index is 0.507. The van der Waals surface area contributed by atoms with Gasteiger partial charge in [0.2, 0.25) is 0 Å². The van der Waals surface area contributed by atoms with Crippen molar-refractivity contribution in [2.24, 2.45) is 0 Å². The van der Waals surface area contributed by atoms with Gasteiger partial charge in [-0.15, -0.1) is 0 Å². The van der Waals surface area contributed by atoms with Gasteiger partial charge in [-0.2, -0.15) is 5.10 Å². The number of likely N-dealkylation sites (tertiary alicyclic amines) is 1. The van der Waals surface area contributed by atoms with Crippen LogP contribution in [0.15, 0.2) is 18.3 Å². The van der Waals surface area contributed by atoms with Crippen LogP contribution in [0.2, 0.25) is 5.02 Å². The van der Waals surface area contributed by atoms with E-state index in [9.17, 15) is 5.11 Å². The summed E-state index contributed by atoms with van der Waals surface area (Å²) in [6.07, 6.45) is 4.47. The van der Waals surface area contributed by atoms with Gasteiger partial charge in [-0.25, -0.2) is 0 Å². The summed E-state index contributed by atoms with van der Waals surface area (Å²) in [5, 5.41) is 18.7. The van der Waals surface area contributed by atoms with E-state index in [2.05, 4.69) is 15.1 Å². The Labute approximate surface area is 117 Å². The van der Waals surface area contributed by atoms with Crippen molar-refractivity contribution in [3.05, 3.63) is 28.9 Å². The number of nitrogens with one attached hydrogen (secondary N) is 1. The Hall–Kier alpha value is -1.10. The second-order valence-electron chi connectivity index (χ2n) is 5.15. The number of H-pyrrole nitrogens is 1. The van der Waals surface area contributed by atoms with Crippen LogP contribution in [0.25, 0.3) is 10.9 Å². The molecule has 2 aromatic rings. The second-order valence-corrected chi connectivity index (χ2v) is 5.53. The molecule has 0 spiro atoms. The van der Waals surface area contributed by atoms with Crippen LogP contribution in [0, 0.1) is 0 Å². The molecule has 1 aliphatic heterocycles. The van der Waals surface area contributed by atoms with Crippen LogP contribution in [0.5, 0.6) is 0 Å². The van der Waals surface area contributed by atoms with E-state index in [1.54, 1.807) is 6.20 Å². The number of hydrogen-bond acceptors (Lipinski definition) is 3. The number of halogens is 1. The first-order chi connectivity index (χ1) is 9.25. The molecule has 3 rings (SSSR count).